The van der Waals surface area contributed by atoms with Crippen molar-refractivity contribution < 1.29 is 39.2 Å². The van der Waals surface area contributed by atoms with Gasteiger partial charge >= 0.3 is 18.7 Å². The lowest BCUT2D eigenvalue weighted by molar-refractivity contribution is -0.144. The number of hydrogen-bond donors (Lipinski definition) is 5. The summed E-state index contributed by atoms with van der Waals surface area (Å²) in [4.78, 5) is 24.7. The molecule has 1 saturated carbocycles. The third kappa shape index (κ3) is 3.10. The van der Waals surface area contributed by atoms with Crippen LogP contribution < -0.4 is 15.1 Å². The van der Waals surface area contributed by atoms with E-state index in [0.717, 1.165) is 0 Å². The Morgan fingerprint density at radius 3 is 2.64 bits per heavy atom. The van der Waals surface area contributed by atoms with Crippen molar-refractivity contribution in [2.75, 3.05) is 19.6 Å². The minimum atomic E-state index is -3.09. The van der Waals surface area contributed by atoms with Crippen molar-refractivity contribution in [2.24, 2.45) is 5.73 Å². The first-order valence-electron chi connectivity index (χ1n) is 9.09. The van der Waals surface area contributed by atoms with Crippen molar-refractivity contribution in [2.45, 2.75) is 36.7 Å². The minimum Gasteiger partial charge on any atom is -0.669 e. The number of carboxylic acid groups (broad SMARTS) is 2. The Morgan fingerprint density at radius 1 is 1.36 bits per heavy atom. The van der Waals surface area contributed by atoms with E-state index in [1.807, 2.05) is 0 Å². The van der Waals surface area contributed by atoms with Gasteiger partial charge in [0.1, 0.15) is 23.0 Å². The molecule has 0 amide bonds. The van der Waals surface area contributed by atoms with Crippen LogP contribution in [0.4, 0.5) is 0 Å². The molecule has 0 spiro atoms. The van der Waals surface area contributed by atoms with E-state index in [0.29, 0.717) is 25.1 Å². The number of rotatable bonds is 6. The molecule has 3 atom stereocenters. The first-order chi connectivity index (χ1) is 13.0. The molecule has 152 valence electrons. The number of ether oxygens (including phenoxy) is 1. The summed E-state index contributed by atoms with van der Waals surface area (Å²) in [5, 5.41) is 38.8. The number of nitrogens with zero attached hydrogens (tertiary/aromatic N) is 1. The van der Waals surface area contributed by atoms with Crippen LogP contribution in [0.15, 0.2) is 12.1 Å². The van der Waals surface area contributed by atoms with E-state index in [9.17, 15) is 24.7 Å². The molecular weight excluding hydrogens is 371 g/mol. The zero-order chi connectivity index (χ0) is 20.4. The van der Waals surface area contributed by atoms with Gasteiger partial charge in [-0.05, 0) is 24.5 Å². The van der Waals surface area contributed by atoms with E-state index in [4.69, 9.17) is 20.2 Å². The van der Waals surface area contributed by atoms with Crippen molar-refractivity contribution >= 4 is 18.7 Å². The number of hydrogen-bond acceptors (Lipinski definition) is 8. The average molecular weight is 393 g/mol. The largest absolute Gasteiger partial charge is 0.669 e. The molecule has 2 heterocycles. The normalized spacial score (nSPS) is 27.4. The highest BCUT2D eigenvalue weighted by atomic mass is 16.6. The third-order valence-electron chi connectivity index (χ3n) is 5.71. The Hall–Kier alpha value is -2.34. The van der Waals surface area contributed by atoms with E-state index in [2.05, 4.69) is 0 Å². The van der Waals surface area contributed by atoms with Crippen LogP contribution in [-0.4, -0.2) is 75.1 Å². The molecule has 0 radical (unpaired) electrons. The van der Waals surface area contributed by atoms with Crippen LogP contribution in [0.3, 0.4) is 0 Å². The van der Waals surface area contributed by atoms with E-state index in [-0.39, 0.29) is 35.6 Å². The fraction of sp³-hybridized carbons (Fsp3) is 0.529. The highest BCUT2D eigenvalue weighted by Gasteiger charge is 2.55. The summed E-state index contributed by atoms with van der Waals surface area (Å²) in [6.45, 7) is -0.727. The van der Waals surface area contributed by atoms with Crippen LogP contribution >= 0.6 is 0 Å². The molecule has 4 rings (SSSR count). The van der Waals surface area contributed by atoms with Gasteiger partial charge in [-0.1, -0.05) is 18.3 Å². The van der Waals surface area contributed by atoms with Crippen molar-refractivity contribution in [3.8, 4) is 11.5 Å². The summed E-state index contributed by atoms with van der Waals surface area (Å²) in [6, 6.07) is 3.26. The van der Waals surface area contributed by atoms with Gasteiger partial charge in [0.25, 0.3) is 0 Å². The number of carbonyl (C=O) groups is 2. The first kappa shape index (κ1) is 19.0. The minimum absolute atomic E-state index is 0.0506. The molecule has 10 nitrogen and oxygen atoms in total. The maximum absolute atomic E-state index is 11.8. The molecule has 1 aromatic carbocycles. The summed E-state index contributed by atoms with van der Waals surface area (Å²) in [6.07, 6.45) is 0.203. The van der Waals surface area contributed by atoms with Crippen molar-refractivity contribution in [1.82, 2.24) is 4.90 Å². The van der Waals surface area contributed by atoms with Gasteiger partial charge in [-0.3, -0.25) is 9.69 Å². The highest BCUT2D eigenvalue weighted by Crippen LogP contribution is 2.63. The zero-order valence-corrected chi connectivity index (χ0v) is 15.2. The molecule has 6 N–H and O–H groups in total. The van der Waals surface area contributed by atoms with Crippen LogP contribution in [-0.2, 0) is 4.79 Å². The van der Waals surface area contributed by atoms with Crippen molar-refractivity contribution in [3.63, 3.8) is 0 Å². The third-order valence-corrected chi connectivity index (χ3v) is 5.71. The second-order valence-corrected chi connectivity index (χ2v) is 8.20. The Kier molecular flexibility index (Phi) is 4.13. The van der Waals surface area contributed by atoms with Crippen molar-refractivity contribution in [3.05, 3.63) is 23.3 Å². The number of nitrogens with two attached hydrogens (primary N) is 1. The van der Waals surface area contributed by atoms with Gasteiger partial charge in [0.15, 0.2) is 0 Å². The maximum Gasteiger partial charge on any atom is 0.434 e. The molecule has 1 saturated heterocycles. The van der Waals surface area contributed by atoms with Crippen LogP contribution in [0.5, 0.6) is 11.5 Å². The molecule has 0 bridgehead atoms. The topological polar surface area (TPSA) is 163 Å². The molecule has 2 fully saturated rings. The number of likely N-dealkylation sites (tertiary alicyclic amines) is 1. The second-order valence-electron chi connectivity index (χ2n) is 8.20. The van der Waals surface area contributed by atoms with Crippen LogP contribution in [0.1, 0.15) is 35.2 Å². The van der Waals surface area contributed by atoms with Gasteiger partial charge < -0.3 is 35.4 Å². The predicted molar refractivity (Wildman–Crippen MR) is 96.4 cm³/mol. The van der Waals surface area contributed by atoms with Gasteiger partial charge in [0.2, 0.25) is 0 Å². The lowest BCUT2D eigenvalue weighted by Gasteiger charge is -2.42. The summed E-state index contributed by atoms with van der Waals surface area (Å²) < 4.78 is 11.1. The lowest BCUT2D eigenvalue weighted by atomic mass is 9.68. The molecule has 2 aliphatic heterocycles. The van der Waals surface area contributed by atoms with Gasteiger partial charge in [-0.2, -0.15) is 0 Å². The summed E-state index contributed by atoms with van der Waals surface area (Å²) >= 11 is 0. The van der Waals surface area contributed by atoms with E-state index in [1.165, 1.54) is 6.92 Å². The van der Waals surface area contributed by atoms with Gasteiger partial charge in [-0.25, -0.2) is 4.79 Å². The molecule has 1 aromatic rings. The zero-order valence-electron chi connectivity index (χ0n) is 15.2. The predicted octanol–water partition coefficient (Wildman–Crippen LogP) is -0.577. The van der Waals surface area contributed by atoms with Crippen LogP contribution in [0.25, 0.3) is 0 Å². The average Bonchev–Trinajstić information content (AvgIpc) is 3.33. The van der Waals surface area contributed by atoms with Crippen molar-refractivity contribution in [1.29, 1.82) is 0 Å². The standard InChI is InChI=1S/C17H22BN2O8/c1-17(19,16(23)24)7-20-5-8(6-20)27-12-3-2-9-10-4-11(10)18(25,26)28-14(9)13(12)15(21)22/h2-3,8,10-11,25-26H,4-7,19H2,1H3,(H,21,22)(H,23,24)/q-1/t10-,11-,17+/m0/s1. The lowest BCUT2D eigenvalue weighted by Crippen LogP contribution is -2.62. The monoisotopic (exact) mass is 393 g/mol. The molecular formula is C17H22BN2O8-. The number of benzene rings is 1. The molecule has 11 heteroatoms. The SMILES string of the molecule is C[C@@](N)(CN1CC(Oc2ccc3c(c2C(=O)O)O[B-](O)(O)[C@H]2C[C@@H]32)C1)C(=O)O. The maximum atomic E-state index is 11.8. The van der Waals surface area contributed by atoms with Gasteiger partial charge in [0.05, 0.1) is 5.75 Å². The number of aliphatic carboxylic acids is 1. The number of aromatic carboxylic acids is 1. The Labute approximate surface area is 160 Å². The fourth-order valence-corrected chi connectivity index (χ4v) is 4.05. The van der Waals surface area contributed by atoms with E-state index < -0.39 is 30.0 Å². The second kappa shape index (κ2) is 6.08. The van der Waals surface area contributed by atoms with Crippen LogP contribution in [0, 0.1) is 0 Å². The van der Waals surface area contributed by atoms with Gasteiger partial charge in [-0.15, -0.1) is 0 Å². The Bertz CT molecular complexity index is 852. The van der Waals surface area contributed by atoms with E-state index in [1.54, 1.807) is 17.0 Å². The number of carboxylic acids is 2. The molecule has 1 aliphatic carbocycles. The van der Waals surface area contributed by atoms with E-state index >= 15 is 0 Å². The first-order valence-corrected chi connectivity index (χ1v) is 9.09. The Balaban J connectivity index is 1.50. The summed E-state index contributed by atoms with van der Waals surface area (Å²) in [7, 11) is 0. The van der Waals surface area contributed by atoms with Crippen LogP contribution in [0.2, 0.25) is 5.82 Å². The highest BCUT2D eigenvalue weighted by molar-refractivity contribution is 6.62. The molecule has 28 heavy (non-hydrogen) atoms. The summed E-state index contributed by atoms with van der Waals surface area (Å²) in [5.74, 6) is -2.88. The molecule has 3 aliphatic rings. The summed E-state index contributed by atoms with van der Waals surface area (Å²) in [5.41, 5.74) is 4.76. The number of fused-ring (bicyclic) bond motifs is 3. The van der Waals surface area contributed by atoms with Gasteiger partial charge in [0, 0.05) is 19.6 Å². The molecule has 0 aromatic heterocycles. The smallest absolute Gasteiger partial charge is 0.434 e. The Morgan fingerprint density at radius 2 is 2.04 bits per heavy atom. The quantitative estimate of drug-likeness (QED) is 0.395. The fourth-order valence-electron chi connectivity index (χ4n) is 4.05. The molecule has 0 unspecified atom stereocenters.